The van der Waals surface area contributed by atoms with Crippen LogP contribution in [0.25, 0.3) is 0 Å². The molecule has 2 aromatic rings. The van der Waals surface area contributed by atoms with Gasteiger partial charge in [0.05, 0.1) is 21.6 Å². The van der Waals surface area contributed by atoms with Crippen LogP contribution < -0.4 is 4.90 Å². The maximum Gasteiger partial charge on any atom is 0.278 e. The number of phenols is 1. The number of aromatic hydroxyl groups is 1. The van der Waals surface area contributed by atoms with Crippen LogP contribution >= 0.6 is 0 Å². The summed E-state index contributed by atoms with van der Waals surface area (Å²) in [4.78, 5) is 26.5. The highest BCUT2D eigenvalue weighted by Crippen LogP contribution is 2.28. The van der Waals surface area contributed by atoms with E-state index in [1.165, 1.54) is 6.21 Å². The monoisotopic (exact) mass is 358 g/mol. The van der Waals surface area contributed by atoms with Gasteiger partial charge in [0.2, 0.25) is 0 Å². The Morgan fingerprint density at radius 2 is 1.62 bits per heavy atom. The summed E-state index contributed by atoms with van der Waals surface area (Å²) in [6, 6.07) is 8.22. The number of phenolic OH excluding ortho intramolecular Hbond substituents is 1. The lowest BCUT2D eigenvalue weighted by Gasteiger charge is -2.21. The fraction of sp³-hybridized carbons (Fsp3) is 0.235. The highest BCUT2D eigenvalue weighted by atomic mass is 16.6. The van der Waals surface area contributed by atoms with E-state index in [2.05, 4.69) is 9.89 Å². The Hall–Kier alpha value is -3.49. The first-order chi connectivity index (χ1) is 12.3. The molecule has 1 N–H and O–H groups in total. The third kappa shape index (κ3) is 4.32. The van der Waals surface area contributed by atoms with Crippen molar-refractivity contribution >= 4 is 29.0 Å². The average molecular weight is 358 g/mol. The number of anilines is 1. The number of nitro benzene ring substituents is 2. The molecule has 0 amide bonds. The third-order valence-corrected chi connectivity index (χ3v) is 3.80. The van der Waals surface area contributed by atoms with Crippen LogP contribution in [-0.4, -0.2) is 34.3 Å². The number of nitro groups is 2. The Bertz CT molecular complexity index is 830. The summed E-state index contributed by atoms with van der Waals surface area (Å²) in [5.74, 6) is -0.00178. The number of aliphatic imine (C=N–C) groups is 1. The van der Waals surface area contributed by atoms with Crippen LogP contribution in [0.4, 0.5) is 22.7 Å². The van der Waals surface area contributed by atoms with E-state index in [1.54, 1.807) is 12.1 Å². The molecule has 0 aliphatic rings. The van der Waals surface area contributed by atoms with Crippen molar-refractivity contribution in [2.45, 2.75) is 13.8 Å². The average Bonchev–Trinajstić information content (AvgIpc) is 2.61. The molecule has 136 valence electrons. The van der Waals surface area contributed by atoms with E-state index in [0.29, 0.717) is 5.56 Å². The van der Waals surface area contributed by atoms with Gasteiger partial charge in [-0.2, -0.15) is 0 Å². The van der Waals surface area contributed by atoms with E-state index >= 15 is 0 Å². The largest absolute Gasteiger partial charge is 0.507 e. The molecular formula is C17H18N4O5. The highest BCUT2D eigenvalue weighted by Gasteiger charge is 2.16. The SMILES string of the molecule is CCN(CC)c1ccc(C=Nc2cc([N+](=O)[O-])cc([N+](=O)[O-])c2)c(O)c1. The summed E-state index contributed by atoms with van der Waals surface area (Å²) in [5.41, 5.74) is 0.462. The lowest BCUT2D eigenvalue weighted by molar-refractivity contribution is -0.394. The van der Waals surface area contributed by atoms with Gasteiger partial charge in [0.25, 0.3) is 11.4 Å². The number of nitrogens with zero attached hydrogens (tertiary/aromatic N) is 4. The molecule has 0 aliphatic heterocycles. The second-order valence-electron chi connectivity index (χ2n) is 5.40. The van der Waals surface area contributed by atoms with Crippen LogP contribution in [-0.2, 0) is 0 Å². The Balaban J connectivity index is 2.35. The van der Waals surface area contributed by atoms with Crippen molar-refractivity contribution in [1.29, 1.82) is 0 Å². The first-order valence-electron chi connectivity index (χ1n) is 7.91. The molecule has 0 radical (unpaired) electrons. The van der Waals surface area contributed by atoms with E-state index < -0.39 is 21.2 Å². The molecule has 0 bridgehead atoms. The molecular weight excluding hydrogens is 340 g/mol. The van der Waals surface area contributed by atoms with Crippen LogP contribution in [0.5, 0.6) is 5.75 Å². The molecule has 0 spiro atoms. The van der Waals surface area contributed by atoms with Crippen LogP contribution in [0.1, 0.15) is 19.4 Å². The lowest BCUT2D eigenvalue weighted by atomic mass is 10.1. The molecule has 0 heterocycles. The van der Waals surface area contributed by atoms with E-state index in [9.17, 15) is 25.3 Å². The topological polar surface area (TPSA) is 122 Å². The van der Waals surface area contributed by atoms with Gasteiger partial charge in [0, 0.05) is 48.8 Å². The van der Waals surface area contributed by atoms with Gasteiger partial charge in [0.1, 0.15) is 5.75 Å². The van der Waals surface area contributed by atoms with Crippen molar-refractivity contribution in [3.8, 4) is 5.75 Å². The summed E-state index contributed by atoms with van der Waals surface area (Å²) in [6.07, 6.45) is 1.31. The maximum atomic E-state index is 10.9. The zero-order chi connectivity index (χ0) is 19.3. The molecule has 0 atom stereocenters. The highest BCUT2D eigenvalue weighted by molar-refractivity contribution is 5.86. The molecule has 2 aromatic carbocycles. The lowest BCUT2D eigenvalue weighted by Crippen LogP contribution is -2.21. The molecule has 0 unspecified atom stereocenters. The van der Waals surface area contributed by atoms with Crippen molar-refractivity contribution in [2.75, 3.05) is 18.0 Å². The van der Waals surface area contributed by atoms with Crippen LogP contribution in [0, 0.1) is 20.2 Å². The van der Waals surface area contributed by atoms with E-state index in [1.807, 2.05) is 19.9 Å². The minimum atomic E-state index is -0.720. The number of hydrogen-bond acceptors (Lipinski definition) is 7. The Kier molecular flexibility index (Phi) is 5.84. The van der Waals surface area contributed by atoms with Gasteiger partial charge in [-0.3, -0.25) is 25.2 Å². The van der Waals surface area contributed by atoms with Gasteiger partial charge < -0.3 is 10.0 Å². The van der Waals surface area contributed by atoms with E-state index in [-0.39, 0.29) is 11.4 Å². The van der Waals surface area contributed by atoms with Gasteiger partial charge in [-0.25, -0.2) is 0 Å². The van der Waals surface area contributed by atoms with Gasteiger partial charge in [0.15, 0.2) is 0 Å². The summed E-state index contributed by atoms with van der Waals surface area (Å²) < 4.78 is 0. The van der Waals surface area contributed by atoms with Gasteiger partial charge >= 0.3 is 0 Å². The van der Waals surface area contributed by atoms with Crippen LogP contribution in [0.3, 0.4) is 0 Å². The number of benzene rings is 2. The molecule has 0 saturated carbocycles. The molecule has 0 saturated heterocycles. The molecule has 0 aliphatic carbocycles. The molecule has 2 rings (SSSR count). The first-order valence-corrected chi connectivity index (χ1v) is 7.91. The molecule has 0 aromatic heterocycles. The summed E-state index contributed by atoms with van der Waals surface area (Å²) in [7, 11) is 0. The second-order valence-corrected chi connectivity index (χ2v) is 5.40. The van der Waals surface area contributed by atoms with E-state index in [0.717, 1.165) is 37.0 Å². The van der Waals surface area contributed by atoms with Crippen molar-refractivity contribution in [3.05, 3.63) is 62.2 Å². The normalized spacial score (nSPS) is 10.8. The minimum Gasteiger partial charge on any atom is -0.507 e. The molecule has 26 heavy (non-hydrogen) atoms. The van der Waals surface area contributed by atoms with Gasteiger partial charge in [-0.1, -0.05) is 0 Å². The molecule has 9 nitrogen and oxygen atoms in total. The smallest absolute Gasteiger partial charge is 0.278 e. The number of non-ortho nitro benzene ring substituents is 2. The predicted octanol–water partition coefficient (Wildman–Crippen LogP) is 3.81. The van der Waals surface area contributed by atoms with Crippen LogP contribution in [0.15, 0.2) is 41.4 Å². The van der Waals surface area contributed by atoms with Gasteiger partial charge in [-0.15, -0.1) is 0 Å². The summed E-state index contributed by atoms with van der Waals surface area (Å²) in [6.45, 7) is 5.59. The van der Waals surface area contributed by atoms with Crippen molar-refractivity contribution in [3.63, 3.8) is 0 Å². The van der Waals surface area contributed by atoms with Crippen molar-refractivity contribution in [2.24, 2.45) is 4.99 Å². The van der Waals surface area contributed by atoms with E-state index in [4.69, 9.17) is 0 Å². The Morgan fingerprint density at radius 1 is 1.04 bits per heavy atom. The van der Waals surface area contributed by atoms with Crippen molar-refractivity contribution < 1.29 is 15.0 Å². The summed E-state index contributed by atoms with van der Waals surface area (Å²) in [5, 5.41) is 32.0. The van der Waals surface area contributed by atoms with Crippen LogP contribution in [0.2, 0.25) is 0 Å². The molecule has 9 heteroatoms. The number of hydrogen-bond donors (Lipinski definition) is 1. The molecule has 0 fully saturated rings. The first kappa shape index (κ1) is 18.8. The predicted molar refractivity (Wildman–Crippen MR) is 98.7 cm³/mol. The third-order valence-electron chi connectivity index (χ3n) is 3.80. The fourth-order valence-corrected chi connectivity index (χ4v) is 2.44. The van der Waals surface area contributed by atoms with Crippen molar-refractivity contribution in [1.82, 2.24) is 0 Å². The summed E-state index contributed by atoms with van der Waals surface area (Å²) >= 11 is 0. The Morgan fingerprint density at radius 3 is 2.08 bits per heavy atom. The van der Waals surface area contributed by atoms with Gasteiger partial charge in [-0.05, 0) is 26.0 Å². The Labute approximate surface area is 149 Å². The second kappa shape index (κ2) is 8.06. The number of rotatable bonds is 7. The standard InChI is InChI=1S/C17H18N4O5/c1-3-19(4-2)14-6-5-12(17(22)10-14)11-18-13-7-15(20(23)24)9-16(8-13)21(25)26/h5-11,22H,3-4H2,1-2H3. The minimum absolute atomic E-state index is 0.00178. The zero-order valence-corrected chi connectivity index (χ0v) is 14.3. The maximum absolute atomic E-state index is 10.9. The quantitative estimate of drug-likeness (QED) is 0.456. The zero-order valence-electron chi connectivity index (χ0n) is 14.3. The fourth-order valence-electron chi connectivity index (χ4n) is 2.44.